The second kappa shape index (κ2) is 1.72. The Morgan fingerprint density at radius 3 is 1.50 bits per heavy atom. The average molecular weight is 148 g/mol. The van der Waals surface area contributed by atoms with Gasteiger partial charge in [0.1, 0.15) is 0 Å². The minimum absolute atomic E-state index is 0.102. The van der Waals surface area contributed by atoms with Gasteiger partial charge in [0.25, 0.3) is 5.92 Å². The van der Waals surface area contributed by atoms with Crippen molar-refractivity contribution in [2.24, 2.45) is 17.3 Å². The summed E-state index contributed by atoms with van der Waals surface area (Å²) in [5.74, 6) is -2.72. The molecule has 0 N–H and O–H groups in total. The lowest BCUT2D eigenvalue weighted by atomic mass is 10.0. The van der Waals surface area contributed by atoms with Crippen LogP contribution in [0.1, 0.15) is 27.7 Å². The number of hydrogen-bond acceptors (Lipinski definition) is 0. The molecule has 1 rings (SSSR count). The van der Waals surface area contributed by atoms with Gasteiger partial charge in [-0.15, -0.1) is 0 Å². The predicted molar refractivity (Wildman–Crippen MR) is 37.1 cm³/mol. The Morgan fingerprint density at radius 1 is 1.20 bits per heavy atom. The van der Waals surface area contributed by atoms with Gasteiger partial charge in [-0.2, -0.15) is 0 Å². The van der Waals surface area contributed by atoms with Crippen molar-refractivity contribution in [3.63, 3.8) is 0 Å². The van der Waals surface area contributed by atoms with Gasteiger partial charge in [-0.1, -0.05) is 27.7 Å². The van der Waals surface area contributed by atoms with Gasteiger partial charge >= 0.3 is 0 Å². The maximum Gasteiger partial charge on any atom is 0.257 e. The van der Waals surface area contributed by atoms with E-state index in [0.717, 1.165) is 0 Å². The normalized spacial score (nSPS) is 34.5. The summed E-state index contributed by atoms with van der Waals surface area (Å²) in [5, 5.41) is 0. The largest absolute Gasteiger partial charge is 0.257 e. The highest BCUT2D eigenvalue weighted by atomic mass is 19.3. The van der Waals surface area contributed by atoms with Gasteiger partial charge < -0.3 is 0 Å². The van der Waals surface area contributed by atoms with E-state index in [9.17, 15) is 8.78 Å². The SMILES string of the molecule is CC(C)C1C(C)(C)C1(F)F. The smallest absolute Gasteiger partial charge is 0.206 e. The molecule has 1 aliphatic rings. The lowest BCUT2D eigenvalue weighted by Crippen LogP contribution is -2.00. The number of hydrogen-bond donors (Lipinski definition) is 0. The van der Waals surface area contributed by atoms with E-state index in [0.29, 0.717) is 0 Å². The average Bonchev–Trinajstić information content (AvgIpc) is 1.97. The standard InChI is InChI=1S/C8H14F2/c1-5(2)6-7(3,4)8(6,9)10/h5-6H,1-4H3. The first kappa shape index (κ1) is 7.96. The number of rotatable bonds is 1. The fraction of sp³-hybridized carbons (Fsp3) is 1.00. The van der Waals surface area contributed by atoms with E-state index in [4.69, 9.17) is 0 Å². The summed E-state index contributed by atoms with van der Waals surface area (Å²) in [6.07, 6.45) is 0. The van der Waals surface area contributed by atoms with E-state index >= 15 is 0 Å². The van der Waals surface area contributed by atoms with Crippen molar-refractivity contribution in [3.05, 3.63) is 0 Å². The molecule has 0 spiro atoms. The second-order valence-corrected chi connectivity index (χ2v) is 4.07. The zero-order valence-electron chi connectivity index (χ0n) is 6.91. The van der Waals surface area contributed by atoms with Gasteiger partial charge in [0.05, 0.1) is 0 Å². The van der Waals surface area contributed by atoms with Crippen molar-refractivity contribution in [1.29, 1.82) is 0 Å². The molecule has 0 aliphatic heterocycles. The lowest BCUT2D eigenvalue weighted by Gasteiger charge is -2.01. The van der Waals surface area contributed by atoms with Crippen molar-refractivity contribution in [3.8, 4) is 0 Å². The molecule has 0 nitrogen and oxygen atoms in total. The van der Waals surface area contributed by atoms with E-state index < -0.39 is 17.3 Å². The highest BCUT2D eigenvalue weighted by molar-refractivity contribution is 5.13. The summed E-state index contributed by atoms with van der Waals surface area (Å²) in [6.45, 7) is 6.98. The van der Waals surface area contributed by atoms with Crippen LogP contribution < -0.4 is 0 Å². The van der Waals surface area contributed by atoms with Gasteiger partial charge in [0.15, 0.2) is 0 Å². The molecular weight excluding hydrogens is 134 g/mol. The summed E-state index contributed by atoms with van der Waals surface area (Å²) in [7, 11) is 0. The maximum absolute atomic E-state index is 12.8. The third-order valence-electron chi connectivity index (χ3n) is 2.61. The van der Waals surface area contributed by atoms with Crippen LogP contribution in [0.15, 0.2) is 0 Å². The summed E-state index contributed by atoms with van der Waals surface area (Å²) in [6, 6.07) is 0. The first-order chi connectivity index (χ1) is 4.32. The van der Waals surface area contributed by atoms with Crippen LogP contribution in [0.3, 0.4) is 0 Å². The van der Waals surface area contributed by atoms with E-state index in [1.807, 2.05) is 13.8 Å². The molecule has 0 heterocycles. The zero-order chi connectivity index (χ0) is 8.15. The summed E-state index contributed by atoms with van der Waals surface area (Å²) >= 11 is 0. The van der Waals surface area contributed by atoms with Crippen LogP contribution in [0, 0.1) is 17.3 Å². The molecule has 1 unspecified atom stereocenters. The predicted octanol–water partition coefficient (Wildman–Crippen LogP) is 2.93. The van der Waals surface area contributed by atoms with E-state index in [2.05, 4.69) is 0 Å². The monoisotopic (exact) mass is 148 g/mol. The van der Waals surface area contributed by atoms with Gasteiger partial charge in [-0.3, -0.25) is 0 Å². The summed E-state index contributed by atoms with van der Waals surface area (Å²) < 4.78 is 25.6. The summed E-state index contributed by atoms with van der Waals surface area (Å²) in [4.78, 5) is 0. The van der Waals surface area contributed by atoms with Gasteiger partial charge in [-0.25, -0.2) is 8.78 Å². The minimum Gasteiger partial charge on any atom is -0.206 e. The molecule has 10 heavy (non-hydrogen) atoms. The molecule has 2 heteroatoms. The van der Waals surface area contributed by atoms with Crippen molar-refractivity contribution >= 4 is 0 Å². The highest BCUT2D eigenvalue weighted by Crippen LogP contribution is 2.68. The fourth-order valence-corrected chi connectivity index (χ4v) is 1.95. The molecular formula is C8H14F2. The quantitative estimate of drug-likeness (QED) is 0.536. The van der Waals surface area contributed by atoms with E-state index in [1.54, 1.807) is 13.8 Å². The fourth-order valence-electron chi connectivity index (χ4n) is 1.95. The number of alkyl halides is 2. The molecule has 0 aromatic rings. The third kappa shape index (κ3) is 0.708. The van der Waals surface area contributed by atoms with Crippen LogP contribution in [0.25, 0.3) is 0 Å². The minimum atomic E-state index is -2.42. The molecule has 60 valence electrons. The topological polar surface area (TPSA) is 0 Å². The van der Waals surface area contributed by atoms with Gasteiger partial charge in [0.2, 0.25) is 0 Å². The Balaban J connectivity index is 2.72. The zero-order valence-corrected chi connectivity index (χ0v) is 6.91. The Morgan fingerprint density at radius 2 is 1.50 bits per heavy atom. The van der Waals surface area contributed by atoms with Crippen LogP contribution >= 0.6 is 0 Å². The Hall–Kier alpha value is -0.140. The Labute approximate surface area is 60.6 Å². The number of halogens is 2. The second-order valence-electron chi connectivity index (χ2n) is 4.07. The Bertz CT molecular complexity index is 133. The first-order valence-electron chi connectivity index (χ1n) is 3.69. The maximum atomic E-state index is 12.8. The van der Waals surface area contributed by atoms with Gasteiger partial charge in [0, 0.05) is 11.3 Å². The van der Waals surface area contributed by atoms with Crippen LogP contribution in [-0.4, -0.2) is 5.92 Å². The van der Waals surface area contributed by atoms with Crippen molar-refractivity contribution in [1.82, 2.24) is 0 Å². The molecule has 0 aromatic carbocycles. The summed E-state index contributed by atoms with van der Waals surface area (Å²) in [5.41, 5.74) is -0.749. The van der Waals surface area contributed by atoms with Crippen molar-refractivity contribution < 1.29 is 8.78 Å². The lowest BCUT2D eigenvalue weighted by molar-refractivity contribution is 0.0619. The van der Waals surface area contributed by atoms with Crippen LogP contribution in [0.2, 0.25) is 0 Å². The van der Waals surface area contributed by atoms with Crippen molar-refractivity contribution in [2.45, 2.75) is 33.6 Å². The van der Waals surface area contributed by atoms with Crippen LogP contribution in [0.5, 0.6) is 0 Å². The molecule has 1 fully saturated rings. The molecule has 1 aliphatic carbocycles. The highest BCUT2D eigenvalue weighted by Gasteiger charge is 2.75. The first-order valence-corrected chi connectivity index (χ1v) is 3.69. The molecule has 0 saturated heterocycles. The molecule has 1 atom stereocenters. The van der Waals surface area contributed by atoms with Crippen LogP contribution in [-0.2, 0) is 0 Å². The van der Waals surface area contributed by atoms with Gasteiger partial charge in [-0.05, 0) is 5.92 Å². The van der Waals surface area contributed by atoms with Crippen LogP contribution in [0.4, 0.5) is 8.78 Å². The van der Waals surface area contributed by atoms with E-state index in [1.165, 1.54) is 0 Å². The Kier molecular flexibility index (Phi) is 1.37. The third-order valence-corrected chi connectivity index (χ3v) is 2.61. The molecule has 0 amide bonds. The molecule has 1 saturated carbocycles. The van der Waals surface area contributed by atoms with Crippen molar-refractivity contribution in [2.75, 3.05) is 0 Å². The van der Waals surface area contributed by atoms with E-state index in [-0.39, 0.29) is 5.92 Å². The molecule has 0 aromatic heterocycles. The molecule has 0 radical (unpaired) electrons. The molecule has 0 bridgehead atoms.